The summed E-state index contributed by atoms with van der Waals surface area (Å²) in [5, 5.41) is 27.0. The van der Waals surface area contributed by atoms with Gasteiger partial charge in [-0.2, -0.15) is 0 Å². The summed E-state index contributed by atoms with van der Waals surface area (Å²) in [6.07, 6.45) is -3.02. The van der Waals surface area contributed by atoms with E-state index in [0.717, 1.165) is 0 Å². The monoisotopic (exact) mass is 726 g/mol. The summed E-state index contributed by atoms with van der Waals surface area (Å²) in [5.41, 5.74) is 0.928. The molecule has 0 aliphatic carbocycles. The van der Waals surface area contributed by atoms with Crippen molar-refractivity contribution in [2.75, 3.05) is 12.4 Å². The van der Waals surface area contributed by atoms with Gasteiger partial charge in [0.25, 0.3) is 0 Å². The van der Waals surface area contributed by atoms with Crippen molar-refractivity contribution in [3.63, 3.8) is 0 Å². The van der Waals surface area contributed by atoms with Gasteiger partial charge < -0.3 is 0 Å². The minimum absolute atomic E-state index is 0.0590. The summed E-state index contributed by atoms with van der Waals surface area (Å²) in [4.78, 5) is 53.6. The van der Waals surface area contributed by atoms with Crippen molar-refractivity contribution < 1.29 is 43.4 Å². The molecule has 1 aliphatic rings. The molecule has 1 fully saturated rings. The van der Waals surface area contributed by atoms with Gasteiger partial charge in [0.05, 0.1) is 0 Å². The van der Waals surface area contributed by atoms with E-state index in [2.05, 4.69) is 16.6 Å². The fourth-order valence-corrected chi connectivity index (χ4v) is 13.0. The van der Waals surface area contributed by atoms with Gasteiger partial charge in [0.2, 0.25) is 0 Å². The van der Waals surface area contributed by atoms with Crippen molar-refractivity contribution in [3.05, 3.63) is 133 Å². The van der Waals surface area contributed by atoms with Crippen LogP contribution in [0.15, 0.2) is 128 Å². The number of rotatable bonds is 14. The number of nitrogens with one attached hydrogen (secondary N) is 1. The van der Waals surface area contributed by atoms with Crippen LogP contribution in [-0.4, -0.2) is 64.2 Å². The van der Waals surface area contributed by atoms with Crippen LogP contribution in [-0.2, 0) is 28.4 Å². The Labute approximate surface area is 302 Å². The fraction of sp³-hybridized carbons (Fsp3) is 0.250. The zero-order valence-electron chi connectivity index (χ0n) is 29.2. The van der Waals surface area contributed by atoms with Crippen molar-refractivity contribution >= 4 is 52.5 Å². The molecule has 0 bridgehead atoms. The molecule has 4 aromatic rings. The number of hydrogen-bond acceptors (Lipinski definition) is 9. The van der Waals surface area contributed by atoms with Crippen LogP contribution in [0.1, 0.15) is 38.4 Å². The summed E-state index contributed by atoms with van der Waals surface area (Å²) in [6.45, 7) is 1.42. The summed E-state index contributed by atoms with van der Waals surface area (Å²) >= 11 is 0. The van der Waals surface area contributed by atoms with E-state index in [4.69, 9.17) is 9.26 Å². The van der Waals surface area contributed by atoms with Crippen LogP contribution >= 0.6 is 6.98 Å². The zero-order chi connectivity index (χ0) is 37.5. The molecule has 5 atom stereocenters. The van der Waals surface area contributed by atoms with Crippen LogP contribution in [0.2, 0.25) is 0 Å². The Kier molecular flexibility index (Phi) is 11.6. The van der Waals surface area contributed by atoms with Gasteiger partial charge in [0.15, 0.2) is 0 Å². The molecular weight excluding hydrogens is 683 g/mol. The van der Waals surface area contributed by atoms with E-state index < -0.39 is 61.2 Å². The third-order valence-electron chi connectivity index (χ3n) is 9.29. The maximum atomic E-state index is 14.9. The normalized spacial score (nSPS) is 18.0. The van der Waals surface area contributed by atoms with Crippen LogP contribution < -0.4 is 21.2 Å². The van der Waals surface area contributed by atoms with Gasteiger partial charge in [-0.05, 0) is 0 Å². The van der Waals surface area contributed by atoms with Crippen molar-refractivity contribution in [3.8, 4) is 0 Å². The number of anilines is 1. The average molecular weight is 727 g/mol. The number of hydrogen-bond donors (Lipinski definition) is 3. The molecule has 2 amide bonds. The Morgan fingerprint density at radius 1 is 0.865 bits per heavy atom. The Balaban J connectivity index is 1.79. The van der Waals surface area contributed by atoms with Gasteiger partial charge in [-0.1, -0.05) is 0 Å². The summed E-state index contributed by atoms with van der Waals surface area (Å²) in [5.74, 6) is -3.07. The Morgan fingerprint density at radius 2 is 1.37 bits per heavy atom. The number of methoxy groups -OCH3 is 1. The molecule has 272 valence electrons. The first-order valence-corrected chi connectivity index (χ1v) is 18.9. The van der Waals surface area contributed by atoms with Crippen molar-refractivity contribution in [2.24, 2.45) is 5.92 Å². The van der Waals surface area contributed by atoms with Crippen molar-refractivity contribution in [1.82, 2.24) is 4.67 Å². The third-order valence-corrected chi connectivity index (χ3v) is 14.9. The molecule has 3 N–H and O–H groups in total. The fourth-order valence-electron chi connectivity index (χ4n) is 7.03. The van der Waals surface area contributed by atoms with Crippen LogP contribution in [0.25, 0.3) is 0 Å². The molecular formula is C40H43N2O9P. The number of carbonyl (C=O) groups is 4. The minimum atomic E-state index is -5.04. The molecule has 1 aliphatic heterocycles. The number of carbonyl (C=O) groups excluding carboxylic acids is 4. The molecule has 2 unspecified atom stereocenters. The maximum absolute atomic E-state index is 14.9. The molecule has 0 radical (unpaired) electrons. The van der Waals surface area contributed by atoms with Crippen LogP contribution in [0.5, 0.6) is 0 Å². The molecule has 1 heterocycles. The average Bonchev–Trinajstić information content (AvgIpc) is 3.15. The quantitative estimate of drug-likeness (QED) is 0.0713. The number of esters is 1. The van der Waals surface area contributed by atoms with Gasteiger partial charge in [-0.15, -0.1) is 0 Å². The SMILES string of the molecule is C=CCC(OC(C)=O)C(=O)OP(c1ccccc1)(c1ccccc1)(c1ccccc1)N1C(=O)[C@H]([C@@H](C)O)[C@H]1CC(O)c1ccc(NC(=O)OC)cc1. The van der Waals surface area contributed by atoms with Gasteiger partial charge in [0, 0.05) is 0 Å². The first kappa shape index (κ1) is 37.9. The van der Waals surface area contributed by atoms with E-state index in [1.807, 2.05) is 18.2 Å². The number of aliphatic hydroxyl groups excluding tert-OH is 2. The molecule has 4 aromatic carbocycles. The number of benzene rings is 4. The Morgan fingerprint density at radius 3 is 1.79 bits per heavy atom. The number of ether oxygens (including phenoxy) is 2. The molecule has 0 spiro atoms. The zero-order valence-corrected chi connectivity index (χ0v) is 30.1. The standard InChI is InChI=1S/C40H43N2O9P/c1-5-15-36(50-28(3)44)39(47)51-52(31-16-9-6-10-17-31,32-18-11-7-12-19-32,33-20-13-8-14-21-33)42-34(37(27(2)43)38(42)46)26-35(45)29-22-24-30(25-23-29)41-40(48)49-4/h5-14,16-25,27,34-37,43,45H,1,15,26H2,2-4H3,(H,41,48)/t27-,34-,35?,36?,37-/m1/s1. The Hall–Kier alpha value is -5.35. The van der Waals surface area contributed by atoms with E-state index in [1.54, 1.807) is 102 Å². The molecule has 11 nitrogen and oxygen atoms in total. The molecule has 52 heavy (non-hydrogen) atoms. The summed E-state index contributed by atoms with van der Waals surface area (Å²) in [6, 6.07) is 32.5. The molecule has 12 heteroatoms. The topological polar surface area (TPSA) is 152 Å². The number of amides is 2. The van der Waals surface area contributed by atoms with E-state index in [1.165, 1.54) is 27.0 Å². The summed E-state index contributed by atoms with van der Waals surface area (Å²) in [7, 11) is 1.25. The number of nitrogens with zero attached hydrogens (tertiary/aromatic N) is 1. The molecule has 1 saturated heterocycles. The van der Waals surface area contributed by atoms with Crippen LogP contribution in [0.3, 0.4) is 0 Å². The second-order valence-electron chi connectivity index (χ2n) is 12.5. The second kappa shape index (κ2) is 15.9. The van der Waals surface area contributed by atoms with Gasteiger partial charge >= 0.3 is 303 Å². The Bertz CT molecular complexity index is 1790. The van der Waals surface area contributed by atoms with Gasteiger partial charge in [0.1, 0.15) is 0 Å². The molecule has 5 rings (SSSR count). The van der Waals surface area contributed by atoms with Crippen LogP contribution in [0.4, 0.5) is 10.5 Å². The van der Waals surface area contributed by atoms with E-state index in [0.29, 0.717) is 27.2 Å². The number of β-lactam (4-membered cyclic amide) rings is 1. The number of aliphatic hydroxyl groups is 2. The van der Waals surface area contributed by atoms with Gasteiger partial charge in [-0.25, -0.2) is 0 Å². The third kappa shape index (κ3) is 6.82. The summed E-state index contributed by atoms with van der Waals surface area (Å²) < 4.78 is 18.7. The van der Waals surface area contributed by atoms with Crippen molar-refractivity contribution in [2.45, 2.75) is 51.0 Å². The van der Waals surface area contributed by atoms with Crippen molar-refractivity contribution in [1.29, 1.82) is 0 Å². The molecule has 0 saturated carbocycles. The van der Waals surface area contributed by atoms with E-state index in [9.17, 15) is 29.4 Å². The van der Waals surface area contributed by atoms with E-state index in [-0.39, 0.29) is 12.8 Å². The van der Waals surface area contributed by atoms with Crippen LogP contribution in [0, 0.1) is 5.92 Å². The first-order valence-electron chi connectivity index (χ1n) is 16.8. The molecule has 0 aromatic heterocycles. The predicted molar refractivity (Wildman–Crippen MR) is 199 cm³/mol. The van der Waals surface area contributed by atoms with Gasteiger partial charge in [-0.3, -0.25) is 0 Å². The predicted octanol–water partition coefficient (Wildman–Crippen LogP) is 4.91. The van der Waals surface area contributed by atoms with E-state index >= 15 is 0 Å². The second-order valence-corrected chi connectivity index (χ2v) is 16.7. The first-order chi connectivity index (χ1) is 25.0.